The van der Waals surface area contributed by atoms with Crippen molar-refractivity contribution in [3.8, 4) is 11.1 Å². The molecule has 0 aliphatic carbocycles. The number of hydrogen-bond donors (Lipinski definition) is 1. The number of aromatic amines is 1. The number of aryl methyl sites for hydroxylation is 2. The lowest BCUT2D eigenvalue weighted by Crippen LogP contribution is -2.31. The van der Waals surface area contributed by atoms with Crippen LogP contribution in [0.25, 0.3) is 11.1 Å². The van der Waals surface area contributed by atoms with Gasteiger partial charge in [-0.15, -0.1) is 0 Å². The number of halogens is 3. The highest BCUT2D eigenvalue weighted by Gasteiger charge is 2.31. The average Bonchev–Trinajstić information content (AvgIpc) is 3.38. The van der Waals surface area contributed by atoms with Crippen LogP contribution in [0.4, 0.5) is 13.2 Å². The number of benzene rings is 1. The Morgan fingerprint density at radius 3 is 2.56 bits per heavy atom. The topological polar surface area (TPSA) is 84.1 Å². The van der Waals surface area contributed by atoms with E-state index >= 15 is 0 Å². The Balaban J connectivity index is 1.35. The van der Waals surface area contributed by atoms with Gasteiger partial charge in [0.05, 0.1) is 22.9 Å². The Bertz CT molecular complexity index is 1190. The molecule has 0 saturated carbocycles. The molecule has 1 N–H and O–H groups in total. The van der Waals surface area contributed by atoms with Crippen molar-refractivity contribution in [2.75, 3.05) is 19.6 Å². The summed E-state index contributed by atoms with van der Waals surface area (Å²) in [6.07, 6.45) is 0.206. The van der Waals surface area contributed by atoms with Gasteiger partial charge in [-0.05, 0) is 56.5 Å². The van der Waals surface area contributed by atoms with Crippen LogP contribution in [0, 0.1) is 6.92 Å². The third-order valence-corrected chi connectivity index (χ3v) is 5.91. The van der Waals surface area contributed by atoms with E-state index in [1.165, 1.54) is 17.0 Å². The smallest absolute Gasteiger partial charge is 0.361 e. The van der Waals surface area contributed by atoms with Crippen molar-refractivity contribution in [3.05, 3.63) is 74.4 Å². The lowest BCUT2D eigenvalue weighted by molar-refractivity contribution is -0.137. The van der Waals surface area contributed by atoms with Gasteiger partial charge in [-0.25, -0.2) is 4.79 Å². The number of aromatic nitrogens is 3. The maximum atomic E-state index is 12.8. The van der Waals surface area contributed by atoms with Crippen molar-refractivity contribution in [2.24, 2.45) is 0 Å². The maximum Gasteiger partial charge on any atom is 0.416 e. The molecule has 1 atom stereocenters. The molecular formula is C22H23F3N4O3. The zero-order chi connectivity index (χ0) is 22.9. The summed E-state index contributed by atoms with van der Waals surface area (Å²) in [5.74, 6) is 0.684. The SMILES string of the molecule is Cc1oncc1-c1cn(CCCN2CC[C@H](c3ccc(C(F)(F)F)cc3)C2)c(=O)[nH]c1=O. The highest BCUT2D eigenvalue weighted by molar-refractivity contribution is 5.62. The van der Waals surface area contributed by atoms with Crippen LogP contribution in [0.2, 0.25) is 0 Å². The summed E-state index contributed by atoms with van der Waals surface area (Å²) in [6.45, 7) is 4.46. The number of hydrogen-bond acceptors (Lipinski definition) is 5. The molecule has 170 valence electrons. The quantitative estimate of drug-likeness (QED) is 0.625. The number of alkyl halides is 3. The summed E-state index contributed by atoms with van der Waals surface area (Å²) in [7, 11) is 0. The number of rotatable bonds is 6. The number of nitrogens with zero attached hydrogens (tertiary/aromatic N) is 3. The predicted octanol–water partition coefficient (Wildman–Crippen LogP) is 3.40. The number of nitrogens with one attached hydrogen (secondary N) is 1. The molecule has 1 aliphatic rings. The first-order valence-corrected chi connectivity index (χ1v) is 10.4. The van der Waals surface area contributed by atoms with Crippen molar-refractivity contribution in [3.63, 3.8) is 0 Å². The molecule has 3 aromatic rings. The van der Waals surface area contributed by atoms with E-state index in [0.717, 1.165) is 43.8 Å². The lowest BCUT2D eigenvalue weighted by Gasteiger charge is -2.17. The maximum absolute atomic E-state index is 12.8. The van der Waals surface area contributed by atoms with Gasteiger partial charge < -0.3 is 9.42 Å². The molecule has 1 aliphatic heterocycles. The van der Waals surface area contributed by atoms with Crippen LogP contribution >= 0.6 is 0 Å². The second-order valence-electron chi connectivity index (χ2n) is 8.05. The minimum absolute atomic E-state index is 0.191. The van der Waals surface area contributed by atoms with E-state index in [1.54, 1.807) is 19.1 Å². The van der Waals surface area contributed by atoms with E-state index in [-0.39, 0.29) is 5.92 Å². The highest BCUT2D eigenvalue weighted by atomic mass is 19.4. The van der Waals surface area contributed by atoms with Gasteiger partial charge in [0.25, 0.3) is 5.56 Å². The van der Waals surface area contributed by atoms with Crippen molar-refractivity contribution in [1.29, 1.82) is 0 Å². The Morgan fingerprint density at radius 1 is 1.16 bits per heavy atom. The zero-order valence-corrected chi connectivity index (χ0v) is 17.5. The zero-order valence-electron chi connectivity index (χ0n) is 17.5. The van der Waals surface area contributed by atoms with Crippen LogP contribution in [0.1, 0.15) is 35.6 Å². The molecule has 0 radical (unpaired) electrons. The van der Waals surface area contributed by atoms with E-state index in [0.29, 0.717) is 29.9 Å². The average molecular weight is 448 g/mol. The summed E-state index contributed by atoms with van der Waals surface area (Å²) in [5, 5.41) is 3.68. The second kappa shape index (κ2) is 8.78. The molecule has 3 heterocycles. The Morgan fingerprint density at radius 2 is 1.91 bits per heavy atom. The largest absolute Gasteiger partial charge is 0.416 e. The standard InChI is InChI=1S/C22H23F3N4O3/c1-14-18(11-26-32-14)19-13-29(21(31)27-20(19)30)9-2-8-28-10-7-16(12-28)15-3-5-17(6-4-15)22(23,24)25/h3-6,11,13,16H,2,7-10,12H2,1H3,(H,27,30,31)/t16-/m0/s1. The first-order valence-electron chi connectivity index (χ1n) is 10.4. The summed E-state index contributed by atoms with van der Waals surface area (Å²) in [6, 6.07) is 5.39. The second-order valence-corrected chi connectivity index (χ2v) is 8.05. The van der Waals surface area contributed by atoms with Crippen LogP contribution < -0.4 is 11.2 Å². The molecule has 0 spiro atoms. The minimum atomic E-state index is -4.33. The van der Waals surface area contributed by atoms with Crippen molar-refractivity contribution in [1.82, 2.24) is 19.6 Å². The van der Waals surface area contributed by atoms with Crippen LogP contribution in [0.5, 0.6) is 0 Å². The number of H-pyrrole nitrogens is 1. The molecule has 10 heteroatoms. The molecule has 0 unspecified atom stereocenters. The fourth-order valence-electron chi connectivity index (χ4n) is 4.14. The summed E-state index contributed by atoms with van der Waals surface area (Å²) in [5.41, 5.74) is 0.175. The molecule has 1 aromatic carbocycles. The molecule has 1 fully saturated rings. The van der Waals surface area contributed by atoms with Gasteiger partial charge in [-0.1, -0.05) is 17.3 Å². The summed E-state index contributed by atoms with van der Waals surface area (Å²) >= 11 is 0. The molecular weight excluding hydrogens is 425 g/mol. The molecule has 7 nitrogen and oxygen atoms in total. The van der Waals surface area contributed by atoms with Gasteiger partial charge in [0, 0.05) is 19.3 Å². The molecule has 4 rings (SSSR count). The summed E-state index contributed by atoms with van der Waals surface area (Å²) in [4.78, 5) is 28.9. The van der Waals surface area contributed by atoms with Gasteiger partial charge in [0.2, 0.25) is 0 Å². The van der Waals surface area contributed by atoms with Crippen LogP contribution in [-0.2, 0) is 12.7 Å². The van der Waals surface area contributed by atoms with Crippen molar-refractivity contribution >= 4 is 0 Å². The highest BCUT2D eigenvalue weighted by Crippen LogP contribution is 2.32. The monoisotopic (exact) mass is 448 g/mol. The van der Waals surface area contributed by atoms with Crippen LogP contribution in [0.3, 0.4) is 0 Å². The first-order chi connectivity index (χ1) is 15.2. The van der Waals surface area contributed by atoms with E-state index in [4.69, 9.17) is 4.52 Å². The minimum Gasteiger partial charge on any atom is -0.361 e. The van der Waals surface area contributed by atoms with E-state index in [1.807, 2.05) is 0 Å². The molecule has 0 amide bonds. The van der Waals surface area contributed by atoms with E-state index in [9.17, 15) is 22.8 Å². The van der Waals surface area contributed by atoms with Crippen molar-refractivity contribution < 1.29 is 17.7 Å². The molecule has 2 aromatic heterocycles. The lowest BCUT2D eigenvalue weighted by atomic mass is 9.97. The Hall–Kier alpha value is -3.14. The van der Waals surface area contributed by atoms with Gasteiger partial charge in [0.15, 0.2) is 0 Å². The van der Waals surface area contributed by atoms with Crippen LogP contribution in [-0.4, -0.2) is 39.2 Å². The Labute approximate surface area is 181 Å². The van der Waals surface area contributed by atoms with E-state index < -0.39 is 23.0 Å². The fourth-order valence-corrected chi connectivity index (χ4v) is 4.14. The van der Waals surface area contributed by atoms with E-state index in [2.05, 4.69) is 15.0 Å². The van der Waals surface area contributed by atoms with Gasteiger partial charge in [0.1, 0.15) is 5.76 Å². The first kappa shape index (κ1) is 22.1. The molecule has 32 heavy (non-hydrogen) atoms. The summed E-state index contributed by atoms with van der Waals surface area (Å²) < 4.78 is 44.7. The predicted molar refractivity (Wildman–Crippen MR) is 111 cm³/mol. The van der Waals surface area contributed by atoms with Crippen molar-refractivity contribution in [2.45, 2.75) is 38.4 Å². The normalized spacial score (nSPS) is 17.2. The third kappa shape index (κ3) is 4.69. The van der Waals surface area contributed by atoms with Gasteiger partial charge in [-0.3, -0.25) is 14.3 Å². The molecule has 1 saturated heterocycles. The Kier molecular flexibility index (Phi) is 6.05. The molecule has 0 bridgehead atoms. The number of likely N-dealkylation sites (tertiary alicyclic amines) is 1. The van der Waals surface area contributed by atoms with Crippen LogP contribution in [0.15, 0.2) is 50.8 Å². The fraction of sp³-hybridized carbons (Fsp3) is 0.409. The van der Waals surface area contributed by atoms with Gasteiger partial charge in [-0.2, -0.15) is 13.2 Å². The van der Waals surface area contributed by atoms with Gasteiger partial charge >= 0.3 is 11.9 Å². The third-order valence-electron chi connectivity index (χ3n) is 5.91.